The second-order valence-corrected chi connectivity index (χ2v) is 9.17. The van der Waals surface area contributed by atoms with Crippen molar-refractivity contribution in [1.29, 1.82) is 0 Å². The van der Waals surface area contributed by atoms with Crippen molar-refractivity contribution < 1.29 is 14.3 Å². The predicted octanol–water partition coefficient (Wildman–Crippen LogP) is 3.91. The summed E-state index contributed by atoms with van der Waals surface area (Å²) in [4.78, 5) is 40.6. The van der Waals surface area contributed by atoms with Gasteiger partial charge in [0.15, 0.2) is 0 Å². The number of ether oxygens (including phenoxy) is 1. The van der Waals surface area contributed by atoms with Crippen molar-refractivity contribution >= 4 is 50.2 Å². The van der Waals surface area contributed by atoms with E-state index in [1.54, 1.807) is 4.90 Å². The quantitative estimate of drug-likeness (QED) is 0.421. The first-order valence-electron chi connectivity index (χ1n) is 11.0. The zero-order valence-electron chi connectivity index (χ0n) is 18.6. The van der Waals surface area contributed by atoms with Gasteiger partial charge in [-0.3, -0.25) is 4.79 Å². The molecular formula is C24H25N5O3S. The SMILES string of the molecule is COC(=O)[C@@H]1CCCN1C(=O)c1sc2ncnc(NCCc3c[nH]c4ccccc34)c2c1C. The number of benzene rings is 1. The van der Waals surface area contributed by atoms with Gasteiger partial charge in [-0.15, -0.1) is 11.3 Å². The van der Waals surface area contributed by atoms with Gasteiger partial charge in [0.2, 0.25) is 0 Å². The van der Waals surface area contributed by atoms with Gasteiger partial charge in [0, 0.05) is 30.2 Å². The molecule has 1 amide bonds. The van der Waals surface area contributed by atoms with Crippen LogP contribution in [0.1, 0.15) is 33.6 Å². The number of hydrogen-bond acceptors (Lipinski definition) is 7. The molecule has 1 fully saturated rings. The average molecular weight is 464 g/mol. The van der Waals surface area contributed by atoms with Crippen LogP contribution in [0, 0.1) is 6.92 Å². The molecule has 0 bridgehead atoms. The number of methoxy groups -OCH3 is 1. The van der Waals surface area contributed by atoms with Crippen molar-refractivity contribution in [1.82, 2.24) is 19.9 Å². The highest BCUT2D eigenvalue weighted by atomic mass is 32.1. The molecule has 1 atom stereocenters. The number of nitrogens with one attached hydrogen (secondary N) is 2. The highest BCUT2D eigenvalue weighted by molar-refractivity contribution is 7.20. The number of para-hydroxylation sites is 1. The van der Waals surface area contributed by atoms with Gasteiger partial charge in [-0.05, 0) is 43.4 Å². The van der Waals surface area contributed by atoms with E-state index >= 15 is 0 Å². The molecule has 4 aromatic rings. The number of nitrogens with zero attached hydrogens (tertiary/aromatic N) is 3. The summed E-state index contributed by atoms with van der Waals surface area (Å²) in [5.74, 6) is 0.214. The molecule has 5 rings (SSSR count). The normalized spacial score (nSPS) is 15.9. The number of carbonyl (C=O) groups excluding carboxylic acids is 2. The number of esters is 1. The summed E-state index contributed by atoms with van der Waals surface area (Å²) in [6, 6.07) is 7.72. The Bertz CT molecular complexity index is 1340. The van der Waals surface area contributed by atoms with Gasteiger partial charge in [-0.2, -0.15) is 0 Å². The standard InChI is InChI=1S/C24H25N5O3S/c1-14-19-21(25-10-9-15-12-26-17-7-4-3-6-16(15)17)27-13-28-22(19)33-20(14)23(30)29-11-5-8-18(29)24(31)32-2/h3-4,6-7,12-13,18,26H,5,8-11H2,1-2H3,(H,25,27,28)/t18-/m0/s1. The number of carbonyl (C=O) groups is 2. The van der Waals surface area contributed by atoms with Crippen LogP contribution in [-0.4, -0.2) is 58.0 Å². The monoisotopic (exact) mass is 463 g/mol. The molecule has 8 nitrogen and oxygen atoms in total. The van der Waals surface area contributed by atoms with Crippen LogP contribution in [0.3, 0.4) is 0 Å². The molecule has 0 saturated carbocycles. The van der Waals surface area contributed by atoms with Crippen LogP contribution in [0.5, 0.6) is 0 Å². The van der Waals surface area contributed by atoms with Crippen LogP contribution >= 0.6 is 11.3 Å². The molecule has 2 N–H and O–H groups in total. The largest absolute Gasteiger partial charge is 0.467 e. The Morgan fingerprint density at radius 2 is 2.15 bits per heavy atom. The van der Waals surface area contributed by atoms with Gasteiger partial charge in [0.25, 0.3) is 5.91 Å². The fraction of sp³-hybridized carbons (Fsp3) is 0.333. The lowest BCUT2D eigenvalue weighted by atomic mass is 10.1. The number of aryl methyl sites for hydroxylation is 1. The number of amides is 1. The Labute approximate surface area is 195 Å². The maximum Gasteiger partial charge on any atom is 0.328 e. The molecule has 9 heteroatoms. The fourth-order valence-corrected chi connectivity index (χ4v) is 5.69. The number of likely N-dealkylation sites (tertiary alicyclic amines) is 1. The number of fused-ring (bicyclic) bond motifs is 2. The lowest BCUT2D eigenvalue weighted by molar-refractivity contribution is -0.145. The van der Waals surface area contributed by atoms with Gasteiger partial charge in [-0.1, -0.05) is 18.2 Å². The van der Waals surface area contributed by atoms with E-state index in [2.05, 4.69) is 32.4 Å². The lowest BCUT2D eigenvalue weighted by Gasteiger charge is -2.22. The van der Waals surface area contributed by atoms with Crippen LogP contribution < -0.4 is 5.32 Å². The third-order valence-electron chi connectivity index (χ3n) is 6.27. The van der Waals surface area contributed by atoms with Crippen molar-refractivity contribution in [3.05, 3.63) is 52.8 Å². The maximum absolute atomic E-state index is 13.3. The van der Waals surface area contributed by atoms with Crippen molar-refractivity contribution in [2.75, 3.05) is 25.5 Å². The fourth-order valence-electron chi connectivity index (χ4n) is 4.58. The zero-order valence-corrected chi connectivity index (χ0v) is 19.4. The molecule has 33 heavy (non-hydrogen) atoms. The zero-order chi connectivity index (χ0) is 22.9. The number of anilines is 1. The first-order valence-corrected chi connectivity index (χ1v) is 11.8. The molecule has 0 unspecified atom stereocenters. The molecule has 0 spiro atoms. The molecule has 3 aromatic heterocycles. The van der Waals surface area contributed by atoms with Gasteiger partial charge in [0.05, 0.1) is 17.4 Å². The summed E-state index contributed by atoms with van der Waals surface area (Å²) in [5.41, 5.74) is 3.20. The van der Waals surface area contributed by atoms with E-state index in [1.165, 1.54) is 35.7 Å². The van der Waals surface area contributed by atoms with E-state index in [9.17, 15) is 9.59 Å². The molecule has 0 radical (unpaired) electrons. The van der Waals surface area contributed by atoms with Crippen LogP contribution in [0.4, 0.5) is 5.82 Å². The maximum atomic E-state index is 13.3. The highest BCUT2D eigenvalue weighted by Crippen LogP contribution is 2.35. The minimum Gasteiger partial charge on any atom is -0.467 e. The molecule has 4 heterocycles. The third-order valence-corrected chi connectivity index (χ3v) is 7.46. The Hall–Kier alpha value is -3.46. The number of aromatic amines is 1. The number of H-pyrrole nitrogens is 1. The van der Waals surface area contributed by atoms with Gasteiger partial charge >= 0.3 is 5.97 Å². The average Bonchev–Trinajstić information content (AvgIpc) is 3.56. The summed E-state index contributed by atoms with van der Waals surface area (Å²) in [5, 5.41) is 5.51. The first-order chi connectivity index (χ1) is 16.1. The molecule has 1 aromatic carbocycles. The second kappa shape index (κ2) is 8.82. The van der Waals surface area contributed by atoms with E-state index in [0.29, 0.717) is 24.4 Å². The molecule has 1 saturated heterocycles. The van der Waals surface area contributed by atoms with Crippen molar-refractivity contribution in [3.63, 3.8) is 0 Å². The molecule has 1 aliphatic heterocycles. The van der Waals surface area contributed by atoms with E-state index in [0.717, 1.165) is 40.0 Å². The Morgan fingerprint density at radius 3 is 3.00 bits per heavy atom. The minimum atomic E-state index is -0.521. The van der Waals surface area contributed by atoms with Crippen LogP contribution in [0.15, 0.2) is 36.8 Å². The number of hydrogen-bond donors (Lipinski definition) is 2. The summed E-state index contributed by atoms with van der Waals surface area (Å²) < 4.78 is 4.90. The predicted molar refractivity (Wildman–Crippen MR) is 129 cm³/mol. The Balaban J connectivity index is 1.37. The summed E-state index contributed by atoms with van der Waals surface area (Å²) in [6.07, 6.45) is 5.81. The number of rotatable bonds is 6. The number of thiophene rings is 1. The number of aromatic nitrogens is 3. The van der Waals surface area contributed by atoms with Gasteiger partial charge < -0.3 is 19.9 Å². The van der Waals surface area contributed by atoms with Crippen LogP contribution in [0.25, 0.3) is 21.1 Å². The van der Waals surface area contributed by atoms with Crippen LogP contribution in [-0.2, 0) is 16.0 Å². The van der Waals surface area contributed by atoms with E-state index in [4.69, 9.17) is 4.74 Å². The van der Waals surface area contributed by atoms with Crippen molar-refractivity contribution in [2.45, 2.75) is 32.2 Å². The molecular weight excluding hydrogens is 438 g/mol. The molecule has 0 aliphatic carbocycles. The molecule has 1 aliphatic rings. The minimum absolute atomic E-state index is 0.145. The summed E-state index contributed by atoms with van der Waals surface area (Å²) in [6.45, 7) is 3.17. The van der Waals surface area contributed by atoms with Gasteiger partial charge in [-0.25, -0.2) is 14.8 Å². The smallest absolute Gasteiger partial charge is 0.328 e. The summed E-state index contributed by atoms with van der Waals surface area (Å²) >= 11 is 1.35. The van der Waals surface area contributed by atoms with E-state index in [1.807, 2.05) is 25.3 Å². The molecule has 170 valence electrons. The lowest BCUT2D eigenvalue weighted by Crippen LogP contribution is -2.41. The second-order valence-electron chi connectivity index (χ2n) is 8.17. The Kier molecular flexibility index (Phi) is 5.72. The van der Waals surface area contributed by atoms with Crippen molar-refractivity contribution in [3.8, 4) is 0 Å². The van der Waals surface area contributed by atoms with E-state index < -0.39 is 6.04 Å². The first kappa shape index (κ1) is 21.4. The topological polar surface area (TPSA) is 100 Å². The summed E-state index contributed by atoms with van der Waals surface area (Å²) in [7, 11) is 1.36. The Morgan fingerprint density at radius 1 is 1.30 bits per heavy atom. The highest BCUT2D eigenvalue weighted by Gasteiger charge is 2.36. The van der Waals surface area contributed by atoms with Crippen molar-refractivity contribution in [2.24, 2.45) is 0 Å². The van der Waals surface area contributed by atoms with Gasteiger partial charge in [0.1, 0.15) is 23.0 Å². The van der Waals surface area contributed by atoms with Crippen LogP contribution in [0.2, 0.25) is 0 Å². The van der Waals surface area contributed by atoms with E-state index in [-0.39, 0.29) is 11.9 Å². The third kappa shape index (κ3) is 3.82.